The largest absolute Gasteiger partial charge is 0.497 e. The van der Waals surface area contributed by atoms with E-state index in [-0.39, 0.29) is 11.7 Å². The number of carbonyl (C=O) groups is 1. The first kappa shape index (κ1) is 18.7. The Kier molecular flexibility index (Phi) is 4.95. The molecule has 1 aliphatic rings. The Labute approximate surface area is 161 Å². The number of benzene rings is 2. The summed E-state index contributed by atoms with van der Waals surface area (Å²) in [5.74, 6) is 0.364. The van der Waals surface area contributed by atoms with Crippen LogP contribution < -0.4 is 19.9 Å². The van der Waals surface area contributed by atoms with Crippen LogP contribution in [0.1, 0.15) is 21.8 Å². The van der Waals surface area contributed by atoms with E-state index in [1.165, 1.54) is 21.3 Å². The molecule has 3 rings (SSSR count). The molecule has 2 aromatic carbocycles. The van der Waals surface area contributed by atoms with E-state index in [0.29, 0.717) is 28.5 Å². The summed E-state index contributed by atoms with van der Waals surface area (Å²) in [5.41, 5.74) is 7.60. The number of Topliss-reactive ketones (excluding diaryl/α,β-unsaturated/α-hetero) is 1. The number of rotatable bonds is 6. The number of nitrogen functional groups attached to an aromatic ring is 1. The van der Waals surface area contributed by atoms with Crippen LogP contribution >= 0.6 is 23.2 Å². The molecule has 1 fully saturated rings. The van der Waals surface area contributed by atoms with E-state index < -0.39 is 10.3 Å². The zero-order chi connectivity index (χ0) is 19.1. The molecule has 138 valence electrons. The summed E-state index contributed by atoms with van der Waals surface area (Å²) in [7, 11) is 4.57. The second kappa shape index (κ2) is 6.89. The zero-order valence-electron chi connectivity index (χ0n) is 14.6. The van der Waals surface area contributed by atoms with E-state index in [1.807, 2.05) is 6.07 Å². The monoisotopic (exact) mass is 395 g/mol. The van der Waals surface area contributed by atoms with Crippen LogP contribution in [0.25, 0.3) is 0 Å². The minimum Gasteiger partial charge on any atom is -0.497 e. The van der Waals surface area contributed by atoms with Gasteiger partial charge >= 0.3 is 0 Å². The van der Waals surface area contributed by atoms with Gasteiger partial charge in [0.25, 0.3) is 0 Å². The SMILES string of the molecule is COc1ccc(OC)c(C(=O)C2C(c3ccc(OC)c(N)c3)C2(Cl)Cl)c1. The van der Waals surface area contributed by atoms with Gasteiger partial charge in [0.1, 0.15) is 21.6 Å². The van der Waals surface area contributed by atoms with Gasteiger partial charge in [-0.25, -0.2) is 0 Å². The summed E-state index contributed by atoms with van der Waals surface area (Å²) >= 11 is 12.9. The number of halogens is 2. The summed E-state index contributed by atoms with van der Waals surface area (Å²) < 4.78 is 14.5. The average Bonchev–Trinajstić information content (AvgIpc) is 3.22. The highest BCUT2D eigenvalue weighted by Gasteiger charge is 2.67. The van der Waals surface area contributed by atoms with Gasteiger partial charge in [0.05, 0.1) is 38.5 Å². The molecule has 2 atom stereocenters. The molecule has 7 heteroatoms. The summed E-state index contributed by atoms with van der Waals surface area (Å²) in [4.78, 5) is 13.1. The molecule has 5 nitrogen and oxygen atoms in total. The van der Waals surface area contributed by atoms with E-state index in [9.17, 15) is 4.79 Å². The van der Waals surface area contributed by atoms with Gasteiger partial charge in [-0.3, -0.25) is 4.79 Å². The van der Waals surface area contributed by atoms with E-state index in [2.05, 4.69) is 0 Å². The van der Waals surface area contributed by atoms with Crippen molar-refractivity contribution in [3.63, 3.8) is 0 Å². The average molecular weight is 396 g/mol. The maximum Gasteiger partial charge on any atom is 0.173 e. The fourth-order valence-electron chi connectivity index (χ4n) is 3.19. The van der Waals surface area contributed by atoms with Crippen molar-refractivity contribution in [1.82, 2.24) is 0 Å². The van der Waals surface area contributed by atoms with E-state index in [0.717, 1.165) is 5.56 Å². The third-order valence-electron chi connectivity index (χ3n) is 4.62. The first-order valence-corrected chi connectivity index (χ1v) is 8.68. The second-order valence-electron chi connectivity index (χ2n) is 6.06. The lowest BCUT2D eigenvalue weighted by Crippen LogP contribution is -2.09. The fourth-order valence-corrected chi connectivity index (χ4v) is 4.02. The molecule has 0 amide bonds. The Morgan fingerprint density at radius 2 is 1.65 bits per heavy atom. The summed E-state index contributed by atoms with van der Waals surface area (Å²) in [6.45, 7) is 0. The molecule has 26 heavy (non-hydrogen) atoms. The van der Waals surface area contributed by atoms with Crippen LogP contribution in [-0.4, -0.2) is 31.4 Å². The highest BCUT2D eigenvalue weighted by Crippen LogP contribution is 2.66. The molecule has 0 radical (unpaired) electrons. The van der Waals surface area contributed by atoms with E-state index >= 15 is 0 Å². The Balaban J connectivity index is 1.95. The van der Waals surface area contributed by atoms with Gasteiger partial charge in [-0.1, -0.05) is 6.07 Å². The number of anilines is 1. The number of alkyl halides is 2. The lowest BCUT2D eigenvalue weighted by molar-refractivity contribution is 0.0961. The van der Waals surface area contributed by atoms with Crippen molar-refractivity contribution in [2.75, 3.05) is 27.1 Å². The van der Waals surface area contributed by atoms with Crippen molar-refractivity contribution < 1.29 is 19.0 Å². The van der Waals surface area contributed by atoms with Crippen LogP contribution in [0.2, 0.25) is 0 Å². The lowest BCUT2D eigenvalue weighted by Gasteiger charge is -2.10. The minimum absolute atomic E-state index is 0.204. The molecule has 0 aromatic heterocycles. The van der Waals surface area contributed by atoms with Gasteiger partial charge in [-0.05, 0) is 35.9 Å². The third-order valence-corrected chi connectivity index (χ3v) is 5.56. The quantitative estimate of drug-likeness (QED) is 0.453. The number of ketones is 1. The molecular weight excluding hydrogens is 377 g/mol. The Morgan fingerprint density at radius 3 is 2.23 bits per heavy atom. The van der Waals surface area contributed by atoms with Gasteiger partial charge in [0.2, 0.25) is 0 Å². The first-order chi connectivity index (χ1) is 12.3. The number of hydrogen-bond acceptors (Lipinski definition) is 5. The molecular formula is C19H19Cl2NO4. The Morgan fingerprint density at radius 1 is 1.00 bits per heavy atom. The molecule has 0 heterocycles. The number of methoxy groups -OCH3 is 3. The molecule has 0 spiro atoms. The standard InChI is InChI=1S/C19H19Cl2NO4/c1-24-11-5-7-14(25-2)12(9-11)18(23)17-16(19(17,20)21)10-4-6-15(26-3)13(22)8-10/h4-9,16-17H,22H2,1-3H3. The van der Waals surface area contributed by atoms with Crippen molar-refractivity contribution in [1.29, 1.82) is 0 Å². The molecule has 2 aromatic rings. The summed E-state index contributed by atoms with van der Waals surface area (Å²) in [5, 5.41) is 0. The number of carbonyl (C=O) groups excluding carboxylic acids is 1. The van der Waals surface area contributed by atoms with Gasteiger partial charge < -0.3 is 19.9 Å². The highest BCUT2D eigenvalue weighted by molar-refractivity contribution is 6.54. The smallest absolute Gasteiger partial charge is 0.173 e. The number of ether oxygens (including phenoxy) is 3. The Hall–Kier alpha value is -2.11. The lowest BCUT2D eigenvalue weighted by atomic mass is 10.0. The highest BCUT2D eigenvalue weighted by atomic mass is 35.5. The fraction of sp³-hybridized carbons (Fsp3) is 0.316. The van der Waals surface area contributed by atoms with Crippen molar-refractivity contribution in [2.24, 2.45) is 5.92 Å². The normalized spacial score (nSPS) is 20.3. The van der Waals surface area contributed by atoms with Crippen molar-refractivity contribution >= 4 is 34.7 Å². The van der Waals surface area contributed by atoms with Gasteiger partial charge in [-0.2, -0.15) is 0 Å². The van der Waals surface area contributed by atoms with Crippen LogP contribution in [0.4, 0.5) is 5.69 Å². The molecule has 1 aliphatic carbocycles. The van der Waals surface area contributed by atoms with Crippen molar-refractivity contribution in [3.05, 3.63) is 47.5 Å². The predicted octanol–water partition coefficient (Wildman–Crippen LogP) is 4.06. The molecule has 2 unspecified atom stereocenters. The molecule has 0 saturated heterocycles. The predicted molar refractivity (Wildman–Crippen MR) is 102 cm³/mol. The van der Waals surface area contributed by atoms with Crippen LogP contribution in [0, 0.1) is 5.92 Å². The topological polar surface area (TPSA) is 70.8 Å². The van der Waals surface area contributed by atoms with Crippen molar-refractivity contribution in [3.8, 4) is 17.2 Å². The van der Waals surface area contributed by atoms with Gasteiger partial charge in [0.15, 0.2) is 5.78 Å². The first-order valence-electron chi connectivity index (χ1n) is 7.92. The second-order valence-corrected chi connectivity index (χ2v) is 7.51. The van der Waals surface area contributed by atoms with Gasteiger partial charge in [-0.15, -0.1) is 23.2 Å². The minimum atomic E-state index is -1.22. The number of hydrogen-bond donors (Lipinski definition) is 1. The van der Waals surface area contributed by atoms with Crippen molar-refractivity contribution in [2.45, 2.75) is 10.3 Å². The van der Waals surface area contributed by atoms with Gasteiger partial charge in [0, 0.05) is 5.92 Å². The maximum atomic E-state index is 13.1. The van der Waals surface area contributed by atoms with Crippen LogP contribution in [0.15, 0.2) is 36.4 Å². The van der Waals surface area contributed by atoms with E-state index in [4.69, 9.17) is 43.1 Å². The molecule has 0 bridgehead atoms. The molecule has 1 saturated carbocycles. The zero-order valence-corrected chi connectivity index (χ0v) is 16.1. The molecule has 0 aliphatic heterocycles. The van der Waals surface area contributed by atoms with Crippen LogP contribution in [0.3, 0.4) is 0 Å². The Bertz CT molecular complexity index is 853. The molecule has 2 N–H and O–H groups in total. The van der Waals surface area contributed by atoms with E-state index in [1.54, 1.807) is 30.3 Å². The maximum absolute atomic E-state index is 13.1. The van der Waals surface area contributed by atoms with Crippen LogP contribution in [-0.2, 0) is 0 Å². The summed E-state index contributed by atoms with van der Waals surface area (Å²) in [6, 6.07) is 10.3. The van der Waals surface area contributed by atoms with Crippen LogP contribution in [0.5, 0.6) is 17.2 Å². The third kappa shape index (κ3) is 3.06. The summed E-state index contributed by atoms with van der Waals surface area (Å²) in [6.07, 6.45) is 0. The number of nitrogens with two attached hydrogens (primary N) is 1.